The number of nitrogens with one attached hydrogen (secondary N) is 2. The summed E-state index contributed by atoms with van der Waals surface area (Å²) >= 11 is 3.44. The summed E-state index contributed by atoms with van der Waals surface area (Å²) < 4.78 is 11.3. The molecule has 1 aromatic carbocycles. The fourth-order valence-electron chi connectivity index (χ4n) is 3.93. The third-order valence-corrected chi connectivity index (χ3v) is 6.30. The van der Waals surface area contributed by atoms with E-state index in [1.165, 1.54) is 7.11 Å². The number of ether oxygens (including phenoxy) is 2. The Labute approximate surface area is 219 Å². The number of carbonyl (C=O) groups excluding carboxylic acids is 3. The predicted molar refractivity (Wildman–Crippen MR) is 138 cm³/mol. The number of aromatic amines is 1. The van der Waals surface area contributed by atoms with E-state index in [4.69, 9.17) is 9.47 Å². The van der Waals surface area contributed by atoms with Gasteiger partial charge in [0.15, 0.2) is 0 Å². The molecule has 1 aliphatic heterocycles. The molecule has 3 amide bonds. The Morgan fingerprint density at radius 2 is 1.83 bits per heavy atom. The van der Waals surface area contributed by atoms with Gasteiger partial charge in [0.25, 0.3) is 0 Å². The minimum absolute atomic E-state index is 0.184. The number of aromatic nitrogens is 2. The van der Waals surface area contributed by atoms with Crippen molar-refractivity contribution in [3.8, 4) is 11.3 Å². The van der Waals surface area contributed by atoms with Crippen molar-refractivity contribution in [2.75, 3.05) is 26.7 Å². The van der Waals surface area contributed by atoms with Gasteiger partial charge in [-0.2, -0.15) is 0 Å². The Balaban J connectivity index is 1.93. The summed E-state index contributed by atoms with van der Waals surface area (Å²) in [6, 6.07) is 6.41. The number of alkyl carbamates (subject to hydrolysis) is 1. The molecule has 2 aromatic rings. The van der Waals surface area contributed by atoms with Gasteiger partial charge < -0.3 is 29.6 Å². The highest BCUT2D eigenvalue weighted by Gasteiger charge is 2.40. The summed E-state index contributed by atoms with van der Waals surface area (Å²) in [6.07, 6.45) is 0.578. The quantitative estimate of drug-likeness (QED) is 0.558. The fourth-order valence-corrected chi connectivity index (χ4v) is 4.20. The summed E-state index contributed by atoms with van der Waals surface area (Å²) in [5, 5.41) is 2.64. The average molecular weight is 564 g/mol. The number of rotatable bonds is 5. The van der Waals surface area contributed by atoms with Gasteiger partial charge >= 0.3 is 12.2 Å². The summed E-state index contributed by atoms with van der Waals surface area (Å²) in [5.41, 5.74) is 1.07. The van der Waals surface area contributed by atoms with E-state index in [0.29, 0.717) is 12.4 Å². The van der Waals surface area contributed by atoms with Gasteiger partial charge in [-0.1, -0.05) is 41.9 Å². The Morgan fingerprint density at radius 3 is 2.42 bits per heavy atom. The number of methoxy groups -OCH3 is 1. The number of halogens is 1. The van der Waals surface area contributed by atoms with Crippen LogP contribution in [0.25, 0.3) is 11.3 Å². The lowest BCUT2D eigenvalue weighted by Crippen LogP contribution is -2.58. The number of benzene rings is 1. The normalized spacial score (nSPS) is 17.1. The van der Waals surface area contributed by atoms with E-state index in [9.17, 15) is 14.4 Å². The van der Waals surface area contributed by atoms with Gasteiger partial charge in [0.05, 0.1) is 25.5 Å². The summed E-state index contributed by atoms with van der Waals surface area (Å²) in [6.45, 7) is 9.87. The first-order valence-electron chi connectivity index (χ1n) is 11.8. The smallest absolute Gasteiger partial charge is 0.410 e. The second kappa shape index (κ2) is 11.3. The van der Waals surface area contributed by atoms with E-state index in [1.807, 2.05) is 58.9 Å². The van der Waals surface area contributed by atoms with Crippen molar-refractivity contribution in [3.63, 3.8) is 0 Å². The van der Waals surface area contributed by atoms with Crippen molar-refractivity contribution in [2.45, 2.75) is 52.3 Å². The fraction of sp³-hybridized carbons (Fsp3) is 0.520. The van der Waals surface area contributed by atoms with E-state index in [1.54, 1.807) is 16.0 Å². The summed E-state index contributed by atoms with van der Waals surface area (Å²) in [4.78, 5) is 49.6. The number of amides is 3. The maximum atomic E-state index is 13.7. The van der Waals surface area contributed by atoms with Crippen LogP contribution in [0.5, 0.6) is 0 Å². The van der Waals surface area contributed by atoms with E-state index < -0.39 is 29.9 Å². The van der Waals surface area contributed by atoms with Crippen LogP contribution >= 0.6 is 15.9 Å². The van der Waals surface area contributed by atoms with Gasteiger partial charge in [-0.05, 0) is 44.4 Å². The summed E-state index contributed by atoms with van der Waals surface area (Å²) in [5.74, 6) is 0.0806. The van der Waals surface area contributed by atoms with Gasteiger partial charge in [0.2, 0.25) is 5.91 Å². The molecule has 36 heavy (non-hydrogen) atoms. The molecule has 1 aromatic heterocycles. The first-order valence-corrected chi connectivity index (χ1v) is 12.6. The van der Waals surface area contributed by atoms with Crippen LogP contribution in [0, 0.1) is 5.92 Å². The van der Waals surface area contributed by atoms with E-state index in [0.717, 1.165) is 15.7 Å². The molecule has 0 radical (unpaired) electrons. The van der Waals surface area contributed by atoms with Crippen molar-refractivity contribution in [2.24, 2.45) is 5.92 Å². The lowest BCUT2D eigenvalue weighted by atomic mass is 10.0. The molecule has 196 valence electrons. The van der Waals surface area contributed by atoms with Crippen LogP contribution in [0.1, 0.15) is 46.5 Å². The number of nitrogens with zero attached hydrogens (tertiary/aromatic N) is 3. The van der Waals surface area contributed by atoms with Crippen molar-refractivity contribution in [3.05, 3.63) is 40.8 Å². The van der Waals surface area contributed by atoms with Crippen LogP contribution in [0.15, 0.2) is 34.9 Å². The highest BCUT2D eigenvalue weighted by molar-refractivity contribution is 9.10. The molecule has 10 nitrogen and oxygen atoms in total. The number of hydrogen-bond acceptors (Lipinski definition) is 6. The van der Waals surface area contributed by atoms with E-state index in [-0.39, 0.29) is 24.9 Å². The SMILES string of the molecule is COC(=O)NC(C(=O)N1CCN(C(=O)OC(C)(C)C)CC1c1ncc(-c2ccc(Br)cc2)[nH]1)C(C)C. The molecule has 2 unspecified atom stereocenters. The zero-order valence-electron chi connectivity index (χ0n) is 21.5. The highest BCUT2D eigenvalue weighted by atomic mass is 79.9. The molecule has 0 bridgehead atoms. The molecular formula is C25H34BrN5O5. The summed E-state index contributed by atoms with van der Waals surface area (Å²) in [7, 11) is 1.26. The van der Waals surface area contributed by atoms with Crippen molar-refractivity contribution >= 4 is 34.0 Å². The lowest BCUT2D eigenvalue weighted by molar-refractivity contribution is -0.140. The van der Waals surface area contributed by atoms with Crippen LogP contribution in [0.2, 0.25) is 0 Å². The van der Waals surface area contributed by atoms with Gasteiger partial charge in [-0.15, -0.1) is 0 Å². The van der Waals surface area contributed by atoms with Crippen LogP contribution < -0.4 is 5.32 Å². The number of imidazole rings is 1. The Hall–Kier alpha value is -3.08. The third kappa shape index (κ3) is 6.77. The van der Waals surface area contributed by atoms with Crippen LogP contribution in [-0.2, 0) is 14.3 Å². The topological polar surface area (TPSA) is 117 Å². The monoisotopic (exact) mass is 563 g/mol. The van der Waals surface area contributed by atoms with Gasteiger partial charge in [-0.3, -0.25) is 4.79 Å². The Kier molecular flexibility index (Phi) is 8.65. The van der Waals surface area contributed by atoms with E-state index >= 15 is 0 Å². The zero-order valence-corrected chi connectivity index (χ0v) is 23.1. The zero-order chi connectivity index (χ0) is 26.6. The van der Waals surface area contributed by atoms with E-state index in [2.05, 4.69) is 31.2 Å². The molecule has 0 aliphatic carbocycles. The predicted octanol–water partition coefficient (Wildman–Crippen LogP) is 4.34. The molecule has 2 heterocycles. The van der Waals surface area contributed by atoms with Crippen molar-refractivity contribution < 1.29 is 23.9 Å². The Morgan fingerprint density at radius 1 is 1.17 bits per heavy atom. The van der Waals surface area contributed by atoms with Crippen molar-refractivity contribution in [1.82, 2.24) is 25.1 Å². The first kappa shape index (κ1) is 27.5. The first-order chi connectivity index (χ1) is 16.9. The molecule has 0 saturated carbocycles. The maximum Gasteiger partial charge on any atom is 0.410 e. The van der Waals surface area contributed by atoms with Gasteiger partial charge in [0.1, 0.15) is 23.5 Å². The second-order valence-electron chi connectivity index (χ2n) is 10.0. The maximum absolute atomic E-state index is 13.7. The average Bonchev–Trinajstić information content (AvgIpc) is 3.31. The molecule has 2 N–H and O–H groups in total. The largest absolute Gasteiger partial charge is 0.453 e. The molecule has 1 saturated heterocycles. The molecule has 0 spiro atoms. The highest BCUT2D eigenvalue weighted by Crippen LogP contribution is 2.29. The minimum Gasteiger partial charge on any atom is -0.453 e. The molecule has 3 rings (SSSR count). The van der Waals surface area contributed by atoms with Gasteiger partial charge in [0, 0.05) is 17.6 Å². The second-order valence-corrected chi connectivity index (χ2v) is 10.9. The molecule has 1 fully saturated rings. The number of H-pyrrole nitrogens is 1. The molecular weight excluding hydrogens is 530 g/mol. The van der Waals surface area contributed by atoms with Gasteiger partial charge in [-0.25, -0.2) is 14.6 Å². The van der Waals surface area contributed by atoms with Crippen LogP contribution in [-0.4, -0.2) is 76.2 Å². The number of piperazine rings is 1. The Bertz CT molecular complexity index is 1080. The third-order valence-electron chi connectivity index (χ3n) is 5.77. The molecule has 1 aliphatic rings. The number of hydrogen-bond donors (Lipinski definition) is 2. The standard InChI is InChI=1S/C25H34BrN5O5/c1-15(2)20(29-23(33)35-6)22(32)31-12-11-30(24(34)36-25(3,4)5)14-19(31)21-27-13-18(28-21)16-7-9-17(26)10-8-16/h7-10,13,15,19-20H,11-12,14H2,1-6H3,(H,27,28)(H,29,33). The minimum atomic E-state index is -0.797. The lowest BCUT2D eigenvalue weighted by Gasteiger charge is -2.42. The van der Waals surface area contributed by atoms with Crippen LogP contribution in [0.4, 0.5) is 9.59 Å². The molecule has 2 atom stereocenters. The van der Waals surface area contributed by atoms with Crippen LogP contribution in [0.3, 0.4) is 0 Å². The number of carbonyl (C=O) groups is 3. The molecule has 11 heteroatoms. The van der Waals surface area contributed by atoms with Crippen molar-refractivity contribution in [1.29, 1.82) is 0 Å².